The van der Waals surface area contributed by atoms with E-state index in [0.717, 1.165) is 36.4 Å². The fourth-order valence-electron chi connectivity index (χ4n) is 4.17. The van der Waals surface area contributed by atoms with E-state index >= 15 is 0 Å². The maximum Gasteiger partial charge on any atom is 0.0862 e. The van der Waals surface area contributed by atoms with Gasteiger partial charge in [0.25, 0.3) is 0 Å². The molecule has 3 nitrogen and oxygen atoms in total. The van der Waals surface area contributed by atoms with Gasteiger partial charge in [-0.15, -0.1) is 6.58 Å². The van der Waals surface area contributed by atoms with E-state index in [1.54, 1.807) is 0 Å². The monoisotopic (exact) mass is 367 g/mol. The summed E-state index contributed by atoms with van der Waals surface area (Å²) in [5.41, 5.74) is 5.29. The van der Waals surface area contributed by atoms with E-state index in [0.29, 0.717) is 6.04 Å². The second kappa shape index (κ2) is 7.53. The molecule has 0 amide bonds. The van der Waals surface area contributed by atoms with Crippen LogP contribution in [0.3, 0.4) is 0 Å². The Labute approximate surface area is 166 Å². The highest BCUT2D eigenvalue weighted by molar-refractivity contribution is 5.67. The molecule has 2 heterocycles. The predicted octanol–water partition coefficient (Wildman–Crippen LogP) is 5.79. The molecule has 1 aliphatic rings. The molecule has 0 spiro atoms. The van der Waals surface area contributed by atoms with E-state index < -0.39 is 0 Å². The van der Waals surface area contributed by atoms with Gasteiger partial charge in [0.05, 0.1) is 28.3 Å². The maximum absolute atomic E-state index is 5.15. The van der Waals surface area contributed by atoms with Gasteiger partial charge in [-0.1, -0.05) is 31.7 Å². The topological polar surface area (TPSA) is 19.4 Å². The summed E-state index contributed by atoms with van der Waals surface area (Å²) in [5, 5.41) is 0. The lowest BCUT2D eigenvalue weighted by atomic mass is 9.78. The van der Waals surface area contributed by atoms with Crippen molar-refractivity contribution < 1.29 is 0 Å². The molecule has 0 bridgehead atoms. The van der Waals surface area contributed by atoms with Crippen LogP contribution in [-0.4, -0.2) is 35.1 Å². The fourth-order valence-corrected chi connectivity index (χ4v) is 4.17. The zero-order valence-corrected chi connectivity index (χ0v) is 18.4. The molecule has 148 valence electrons. The van der Waals surface area contributed by atoms with Crippen LogP contribution in [0, 0.1) is 0 Å². The van der Waals surface area contributed by atoms with Gasteiger partial charge in [-0.2, -0.15) is 0 Å². The summed E-state index contributed by atoms with van der Waals surface area (Å²) in [6.07, 6.45) is 4.05. The van der Waals surface area contributed by atoms with Gasteiger partial charge < -0.3 is 9.80 Å². The first-order chi connectivity index (χ1) is 12.5. The molecule has 1 aromatic rings. The largest absolute Gasteiger partial charge is 0.369 e. The average molecular weight is 368 g/mol. The highest BCUT2D eigenvalue weighted by Crippen LogP contribution is 2.46. The highest BCUT2D eigenvalue weighted by atomic mass is 15.2. The van der Waals surface area contributed by atoms with E-state index in [-0.39, 0.29) is 11.0 Å². The number of allylic oxidation sites excluding steroid dienone is 1. The Bertz CT molecular complexity index is 746. The van der Waals surface area contributed by atoms with Gasteiger partial charge in [-0.25, -0.2) is 4.98 Å². The van der Waals surface area contributed by atoms with Crippen LogP contribution in [0.5, 0.6) is 0 Å². The number of hydrogen-bond acceptors (Lipinski definition) is 3. The Kier molecular flexibility index (Phi) is 5.94. The third kappa shape index (κ3) is 3.44. The van der Waals surface area contributed by atoms with E-state index in [4.69, 9.17) is 4.98 Å². The molecule has 2 atom stereocenters. The molecule has 0 aliphatic carbocycles. The third-order valence-electron chi connectivity index (χ3n) is 6.82. The number of nitrogens with zero attached hydrogens (tertiary/aromatic N) is 3. The number of anilines is 1. The SMILES string of the molecule is C=CCCC1(C)c2nc(C(=C)N(CC)C(C)(C)C(=C)C)ccc2N(C)C1C. The molecule has 0 radical (unpaired) electrons. The van der Waals surface area contributed by atoms with E-state index in [1.807, 2.05) is 6.08 Å². The van der Waals surface area contributed by atoms with E-state index in [1.165, 1.54) is 11.4 Å². The highest BCUT2D eigenvalue weighted by Gasteiger charge is 2.45. The molecular formula is C24H37N3. The minimum atomic E-state index is -0.164. The van der Waals surface area contributed by atoms with Crippen molar-refractivity contribution in [2.75, 3.05) is 18.5 Å². The van der Waals surface area contributed by atoms with Crippen molar-refractivity contribution in [2.45, 2.75) is 71.4 Å². The minimum absolute atomic E-state index is 0.00940. The second-order valence-corrected chi connectivity index (χ2v) is 8.63. The fraction of sp³-hybridized carbons (Fsp3) is 0.542. The van der Waals surface area contributed by atoms with Gasteiger partial charge in [0.2, 0.25) is 0 Å². The number of hydrogen-bond donors (Lipinski definition) is 0. The summed E-state index contributed by atoms with van der Waals surface area (Å²) in [7, 11) is 2.17. The van der Waals surface area contributed by atoms with Crippen molar-refractivity contribution in [1.82, 2.24) is 9.88 Å². The number of likely N-dealkylation sites (N-methyl/N-ethyl adjacent to an activating group) is 2. The molecule has 1 aromatic heterocycles. The standard InChI is InChI=1S/C24H37N3/c1-11-13-16-24(9)19(6)26(10)21-15-14-20(25-22(21)24)18(5)27(12-2)23(7,8)17(3)4/h11,14-15,19H,1,3,5,12-13,16H2,2,4,6-10H3. The predicted molar refractivity (Wildman–Crippen MR) is 119 cm³/mol. The van der Waals surface area contributed by atoms with Crippen molar-refractivity contribution >= 4 is 11.4 Å². The first-order valence-electron chi connectivity index (χ1n) is 10.0. The van der Waals surface area contributed by atoms with E-state index in [9.17, 15) is 0 Å². The lowest BCUT2D eigenvalue weighted by molar-refractivity contribution is 0.251. The summed E-state index contributed by atoms with van der Waals surface area (Å²) < 4.78 is 0. The zero-order valence-electron chi connectivity index (χ0n) is 18.4. The Balaban J connectivity index is 2.49. The molecule has 0 aromatic carbocycles. The van der Waals surface area contributed by atoms with Crippen LogP contribution in [0.1, 0.15) is 65.8 Å². The van der Waals surface area contributed by atoms with Crippen molar-refractivity contribution in [3.05, 3.63) is 54.9 Å². The van der Waals surface area contributed by atoms with Crippen molar-refractivity contribution in [2.24, 2.45) is 0 Å². The van der Waals surface area contributed by atoms with Crippen molar-refractivity contribution in [1.29, 1.82) is 0 Å². The molecule has 0 N–H and O–H groups in total. The second-order valence-electron chi connectivity index (χ2n) is 8.63. The van der Waals surface area contributed by atoms with E-state index in [2.05, 4.69) is 90.3 Å². The first-order valence-corrected chi connectivity index (χ1v) is 10.0. The molecule has 0 saturated heterocycles. The van der Waals surface area contributed by atoms with Gasteiger partial charge >= 0.3 is 0 Å². The normalized spacial score (nSPS) is 21.7. The number of fused-ring (bicyclic) bond motifs is 1. The number of rotatable bonds is 8. The zero-order chi connectivity index (χ0) is 20.6. The molecule has 2 rings (SSSR count). The van der Waals surface area contributed by atoms with Crippen LogP contribution >= 0.6 is 0 Å². The van der Waals surface area contributed by atoms with Crippen LogP contribution < -0.4 is 4.90 Å². The van der Waals surface area contributed by atoms with Gasteiger partial charge in [0.15, 0.2) is 0 Å². The smallest absolute Gasteiger partial charge is 0.0862 e. The van der Waals surface area contributed by atoms with Gasteiger partial charge in [0.1, 0.15) is 0 Å². The van der Waals surface area contributed by atoms with Crippen molar-refractivity contribution in [3.63, 3.8) is 0 Å². The molecule has 1 aliphatic heterocycles. The summed E-state index contributed by atoms with van der Waals surface area (Å²) in [6.45, 7) is 26.6. The lowest BCUT2D eigenvalue weighted by Gasteiger charge is -2.41. The Morgan fingerprint density at radius 3 is 2.52 bits per heavy atom. The van der Waals surface area contributed by atoms with Gasteiger partial charge in [-0.05, 0) is 59.6 Å². The Morgan fingerprint density at radius 1 is 1.37 bits per heavy atom. The lowest BCUT2D eigenvalue weighted by Crippen LogP contribution is -2.43. The first kappa shape index (κ1) is 21.3. The maximum atomic E-state index is 5.15. The quantitative estimate of drug-likeness (QED) is 0.542. The van der Waals surface area contributed by atoms with Crippen LogP contribution in [0.15, 0.2) is 43.5 Å². The molecular weight excluding hydrogens is 330 g/mol. The van der Waals surface area contributed by atoms with Gasteiger partial charge in [-0.3, -0.25) is 0 Å². The summed E-state index contributed by atoms with van der Waals surface area (Å²) in [6, 6.07) is 4.72. The summed E-state index contributed by atoms with van der Waals surface area (Å²) in [5.74, 6) is 0. The molecule has 2 unspecified atom stereocenters. The molecule has 0 saturated carbocycles. The van der Waals surface area contributed by atoms with Crippen LogP contribution in [0.25, 0.3) is 5.70 Å². The Morgan fingerprint density at radius 2 is 2.00 bits per heavy atom. The van der Waals surface area contributed by atoms with Crippen LogP contribution in [-0.2, 0) is 5.41 Å². The van der Waals surface area contributed by atoms with Crippen LogP contribution in [0.2, 0.25) is 0 Å². The third-order valence-corrected chi connectivity index (χ3v) is 6.82. The summed E-state index contributed by atoms with van der Waals surface area (Å²) in [4.78, 5) is 9.81. The minimum Gasteiger partial charge on any atom is -0.369 e. The molecule has 3 heteroatoms. The van der Waals surface area contributed by atoms with Crippen molar-refractivity contribution in [3.8, 4) is 0 Å². The summed E-state index contributed by atoms with van der Waals surface area (Å²) >= 11 is 0. The molecule has 0 fully saturated rings. The number of aromatic nitrogens is 1. The van der Waals surface area contributed by atoms with Gasteiger partial charge in [0, 0.05) is 25.0 Å². The Hall–Kier alpha value is -2.03. The van der Waals surface area contributed by atoms with Crippen LogP contribution in [0.4, 0.5) is 5.69 Å². The average Bonchev–Trinajstić information content (AvgIpc) is 2.81. The molecule has 27 heavy (non-hydrogen) atoms. The number of pyridine rings is 1.